The Bertz CT molecular complexity index is 1090. The van der Waals surface area contributed by atoms with Gasteiger partial charge in [-0.1, -0.05) is 34.1 Å². The second-order valence-corrected chi connectivity index (χ2v) is 10.7. The van der Waals surface area contributed by atoms with Gasteiger partial charge in [0.25, 0.3) is 0 Å². The fourth-order valence-electron chi connectivity index (χ4n) is 3.38. The van der Waals surface area contributed by atoms with Crippen molar-refractivity contribution in [2.75, 3.05) is 18.0 Å². The molecule has 1 aliphatic rings. The van der Waals surface area contributed by atoms with Crippen LogP contribution in [-0.2, 0) is 9.84 Å². The zero-order valence-electron chi connectivity index (χ0n) is 14.9. The fourth-order valence-corrected chi connectivity index (χ4v) is 6.43. The van der Waals surface area contributed by atoms with Crippen LogP contribution >= 0.6 is 27.3 Å². The number of thiazole rings is 1. The predicted octanol–water partition coefficient (Wildman–Crippen LogP) is 5.15. The van der Waals surface area contributed by atoms with Crippen LogP contribution in [0.3, 0.4) is 0 Å². The number of hydrogen-bond acceptors (Lipinski definition) is 5. The van der Waals surface area contributed by atoms with Crippen molar-refractivity contribution < 1.29 is 12.8 Å². The molecule has 0 radical (unpaired) electrons. The summed E-state index contributed by atoms with van der Waals surface area (Å²) in [6.45, 7) is 1.23. The zero-order chi connectivity index (χ0) is 19.7. The molecular formula is C20H18BrFN2O2S2. The summed E-state index contributed by atoms with van der Waals surface area (Å²) in [5, 5.41) is 2.43. The van der Waals surface area contributed by atoms with Crippen LogP contribution in [-0.4, -0.2) is 31.7 Å². The smallest absolute Gasteiger partial charge is 0.185 e. The summed E-state index contributed by atoms with van der Waals surface area (Å²) < 4.78 is 40.0. The van der Waals surface area contributed by atoms with E-state index in [9.17, 15) is 12.8 Å². The lowest BCUT2D eigenvalue weighted by Gasteiger charge is -2.31. The second-order valence-electron chi connectivity index (χ2n) is 6.71. The van der Waals surface area contributed by atoms with E-state index >= 15 is 0 Å². The third-order valence-electron chi connectivity index (χ3n) is 4.89. The molecule has 8 heteroatoms. The molecule has 0 aliphatic carbocycles. The van der Waals surface area contributed by atoms with Crippen molar-refractivity contribution >= 4 is 42.2 Å². The summed E-state index contributed by atoms with van der Waals surface area (Å²) in [5.41, 5.74) is 1.95. The maximum Gasteiger partial charge on any atom is 0.185 e. The van der Waals surface area contributed by atoms with Gasteiger partial charge < -0.3 is 4.90 Å². The van der Waals surface area contributed by atoms with E-state index in [2.05, 4.69) is 20.8 Å². The van der Waals surface area contributed by atoms with Crippen LogP contribution in [0.15, 0.2) is 63.3 Å². The highest BCUT2D eigenvalue weighted by Gasteiger charge is 2.32. The van der Waals surface area contributed by atoms with Crippen molar-refractivity contribution in [3.05, 3.63) is 64.2 Å². The molecule has 0 amide bonds. The third-order valence-corrected chi connectivity index (χ3v) is 8.54. The summed E-state index contributed by atoms with van der Waals surface area (Å²) in [4.78, 5) is 6.92. The molecule has 1 saturated heterocycles. The Morgan fingerprint density at radius 3 is 2.57 bits per heavy atom. The first-order chi connectivity index (χ1) is 13.4. The van der Waals surface area contributed by atoms with E-state index in [0.29, 0.717) is 25.9 Å². The van der Waals surface area contributed by atoms with Gasteiger partial charge in [-0.3, -0.25) is 0 Å². The average molecular weight is 481 g/mol. The molecule has 146 valence electrons. The molecular weight excluding hydrogens is 463 g/mol. The van der Waals surface area contributed by atoms with E-state index in [1.165, 1.54) is 18.2 Å². The molecule has 1 fully saturated rings. The number of piperidine rings is 1. The first-order valence-electron chi connectivity index (χ1n) is 8.89. The molecule has 0 N–H and O–H groups in total. The molecule has 2 aromatic carbocycles. The molecule has 2 heterocycles. The maximum absolute atomic E-state index is 13.4. The second kappa shape index (κ2) is 7.93. The number of rotatable bonds is 4. The van der Waals surface area contributed by atoms with Gasteiger partial charge in [0.15, 0.2) is 15.0 Å². The minimum absolute atomic E-state index is 0.0668. The van der Waals surface area contributed by atoms with Gasteiger partial charge in [0, 0.05) is 28.5 Å². The van der Waals surface area contributed by atoms with E-state index in [4.69, 9.17) is 4.98 Å². The predicted molar refractivity (Wildman–Crippen MR) is 114 cm³/mol. The van der Waals surface area contributed by atoms with Gasteiger partial charge in [-0.25, -0.2) is 17.8 Å². The largest absolute Gasteiger partial charge is 0.348 e. The van der Waals surface area contributed by atoms with Crippen LogP contribution in [0.5, 0.6) is 0 Å². The van der Waals surface area contributed by atoms with Crippen molar-refractivity contribution in [1.29, 1.82) is 0 Å². The molecule has 0 bridgehead atoms. The number of halogens is 2. The Hall–Kier alpha value is -1.77. The molecule has 4 nitrogen and oxygen atoms in total. The van der Waals surface area contributed by atoms with Crippen LogP contribution < -0.4 is 4.90 Å². The minimum atomic E-state index is -3.52. The van der Waals surface area contributed by atoms with Crippen LogP contribution in [0.25, 0.3) is 11.3 Å². The zero-order valence-corrected chi connectivity index (χ0v) is 18.1. The van der Waals surface area contributed by atoms with Crippen molar-refractivity contribution in [2.45, 2.75) is 23.0 Å². The van der Waals surface area contributed by atoms with Crippen LogP contribution in [0, 0.1) is 5.82 Å². The molecule has 1 aromatic heterocycles. The quantitative estimate of drug-likeness (QED) is 0.517. The van der Waals surface area contributed by atoms with Gasteiger partial charge in [0.1, 0.15) is 5.82 Å². The highest BCUT2D eigenvalue weighted by atomic mass is 79.9. The molecule has 0 atom stereocenters. The summed E-state index contributed by atoms with van der Waals surface area (Å²) in [7, 11) is -3.52. The lowest BCUT2D eigenvalue weighted by Crippen LogP contribution is -2.39. The molecule has 3 aromatic rings. The normalized spacial score (nSPS) is 15.7. The highest BCUT2D eigenvalue weighted by molar-refractivity contribution is 9.10. The van der Waals surface area contributed by atoms with Gasteiger partial charge in [-0.2, -0.15) is 0 Å². The van der Waals surface area contributed by atoms with Crippen molar-refractivity contribution in [1.82, 2.24) is 4.98 Å². The first kappa shape index (κ1) is 19.5. The standard InChI is InChI=1S/C20H18BrFN2O2S2/c21-15-4-1-3-14(11-15)19-13-27-20(23-19)24-9-7-17(8-10-24)28(25,26)18-6-2-5-16(22)12-18/h1-6,11-13,17H,7-10H2. The number of sulfone groups is 1. The number of benzene rings is 2. The van der Waals surface area contributed by atoms with Gasteiger partial charge >= 0.3 is 0 Å². The number of hydrogen-bond donors (Lipinski definition) is 0. The maximum atomic E-state index is 13.4. The summed E-state index contributed by atoms with van der Waals surface area (Å²) >= 11 is 5.04. The van der Waals surface area contributed by atoms with E-state index in [1.807, 2.05) is 29.6 Å². The molecule has 1 aliphatic heterocycles. The Morgan fingerprint density at radius 2 is 1.86 bits per heavy atom. The third kappa shape index (κ3) is 3.99. The van der Waals surface area contributed by atoms with Crippen molar-refractivity contribution in [3.63, 3.8) is 0 Å². The molecule has 0 unspecified atom stereocenters. The molecule has 0 spiro atoms. The van der Waals surface area contributed by atoms with Gasteiger partial charge in [0.05, 0.1) is 15.8 Å². The lowest BCUT2D eigenvalue weighted by molar-refractivity contribution is 0.528. The number of aromatic nitrogens is 1. The van der Waals surface area contributed by atoms with E-state index in [-0.39, 0.29) is 4.90 Å². The fraction of sp³-hybridized carbons (Fsp3) is 0.250. The topological polar surface area (TPSA) is 50.3 Å². The Morgan fingerprint density at radius 1 is 1.11 bits per heavy atom. The Labute approximate surface area is 176 Å². The van der Waals surface area contributed by atoms with E-state index in [0.717, 1.165) is 26.9 Å². The van der Waals surface area contributed by atoms with Gasteiger partial charge in [-0.05, 0) is 43.2 Å². The Kier molecular flexibility index (Phi) is 5.53. The number of nitrogens with zero attached hydrogens (tertiary/aromatic N) is 2. The first-order valence-corrected chi connectivity index (χ1v) is 12.1. The average Bonchev–Trinajstić information content (AvgIpc) is 3.18. The number of anilines is 1. The van der Waals surface area contributed by atoms with Gasteiger partial charge in [-0.15, -0.1) is 11.3 Å². The summed E-state index contributed by atoms with van der Waals surface area (Å²) in [5.74, 6) is -0.527. The molecule has 28 heavy (non-hydrogen) atoms. The minimum Gasteiger partial charge on any atom is -0.348 e. The van der Waals surface area contributed by atoms with E-state index in [1.54, 1.807) is 11.3 Å². The van der Waals surface area contributed by atoms with Crippen LogP contribution in [0.1, 0.15) is 12.8 Å². The Balaban J connectivity index is 1.46. The monoisotopic (exact) mass is 480 g/mol. The van der Waals surface area contributed by atoms with Gasteiger partial charge in [0.2, 0.25) is 0 Å². The van der Waals surface area contributed by atoms with Crippen molar-refractivity contribution in [3.8, 4) is 11.3 Å². The van der Waals surface area contributed by atoms with Crippen LogP contribution in [0.2, 0.25) is 0 Å². The lowest BCUT2D eigenvalue weighted by atomic mass is 10.1. The van der Waals surface area contributed by atoms with Crippen LogP contribution in [0.4, 0.5) is 9.52 Å². The molecule has 0 saturated carbocycles. The molecule has 4 rings (SSSR count). The van der Waals surface area contributed by atoms with E-state index < -0.39 is 20.9 Å². The SMILES string of the molecule is O=S(=O)(c1cccc(F)c1)C1CCN(c2nc(-c3cccc(Br)c3)cs2)CC1. The summed E-state index contributed by atoms with van der Waals surface area (Å²) in [6.07, 6.45) is 1.01. The summed E-state index contributed by atoms with van der Waals surface area (Å²) in [6, 6.07) is 13.3. The highest BCUT2D eigenvalue weighted by Crippen LogP contribution is 2.32. The van der Waals surface area contributed by atoms with Crippen molar-refractivity contribution in [2.24, 2.45) is 0 Å².